The fraction of sp³-hybridized carbons (Fsp3) is 0.250. The Hall–Kier alpha value is -0.890. The standard InChI is InChI=1S/C8H7FO/c9-7-3-1-2-5-6(7)4-8(5)10/h1-3,8,10H,4H2. The van der Waals surface area contributed by atoms with E-state index in [-0.39, 0.29) is 5.82 Å². The van der Waals surface area contributed by atoms with Crippen LogP contribution in [0.15, 0.2) is 18.2 Å². The monoisotopic (exact) mass is 138 g/mol. The minimum absolute atomic E-state index is 0.192. The average molecular weight is 138 g/mol. The van der Waals surface area contributed by atoms with Crippen LogP contribution in [0.4, 0.5) is 4.39 Å². The van der Waals surface area contributed by atoms with Crippen LogP contribution in [0, 0.1) is 5.82 Å². The third kappa shape index (κ3) is 0.596. The molecule has 1 N–H and O–H groups in total. The van der Waals surface area contributed by atoms with E-state index in [1.54, 1.807) is 12.1 Å². The van der Waals surface area contributed by atoms with Crippen LogP contribution in [0.5, 0.6) is 0 Å². The molecule has 10 heavy (non-hydrogen) atoms. The first-order valence-electron chi connectivity index (χ1n) is 3.24. The number of hydrogen-bond acceptors (Lipinski definition) is 1. The topological polar surface area (TPSA) is 20.2 Å². The van der Waals surface area contributed by atoms with Crippen molar-refractivity contribution in [2.75, 3.05) is 0 Å². The highest BCUT2D eigenvalue weighted by Gasteiger charge is 2.26. The second-order valence-electron chi connectivity index (χ2n) is 2.53. The molecule has 52 valence electrons. The average Bonchev–Trinajstić information content (AvgIpc) is 1.91. The predicted molar refractivity (Wildman–Crippen MR) is 35.1 cm³/mol. The zero-order valence-electron chi connectivity index (χ0n) is 5.34. The Morgan fingerprint density at radius 2 is 2.30 bits per heavy atom. The summed E-state index contributed by atoms with van der Waals surface area (Å²) < 4.78 is 12.7. The Morgan fingerprint density at radius 1 is 1.50 bits per heavy atom. The van der Waals surface area contributed by atoms with Gasteiger partial charge < -0.3 is 5.11 Å². The van der Waals surface area contributed by atoms with Gasteiger partial charge in [0.2, 0.25) is 0 Å². The highest BCUT2D eigenvalue weighted by atomic mass is 19.1. The highest BCUT2D eigenvalue weighted by molar-refractivity contribution is 5.38. The van der Waals surface area contributed by atoms with Crippen molar-refractivity contribution in [3.63, 3.8) is 0 Å². The first kappa shape index (κ1) is 5.86. The van der Waals surface area contributed by atoms with Crippen molar-refractivity contribution in [3.8, 4) is 0 Å². The van der Waals surface area contributed by atoms with Gasteiger partial charge in [-0.3, -0.25) is 0 Å². The molecule has 0 amide bonds. The molecular formula is C8H7FO. The summed E-state index contributed by atoms with van der Waals surface area (Å²) in [5, 5.41) is 9.06. The summed E-state index contributed by atoms with van der Waals surface area (Å²) in [6.45, 7) is 0. The van der Waals surface area contributed by atoms with E-state index < -0.39 is 6.10 Å². The van der Waals surface area contributed by atoms with Gasteiger partial charge in [0, 0.05) is 6.42 Å². The molecule has 1 nitrogen and oxygen atoms in total. The lowest BCUT2D eigenvalue weighted by Crippen LogP contribution is -2.17. The van der Waals surface area contributed by atoms with Crippen molar-refractivity contribution in [1.82, 2.24) is 0 Å². The van der Waals surface area contributed by atoms with Crippen LogP contribution in [-0.4, -0.2) is 5.11 Å². The maximum absolute atomic E-state index is 12.7. The molecule has 1 aliphatic carbocycles. The SMILES string of the molecule is OC1Cc2c(F)cccc21. The summed E-state index contributed by atoms with van der Waals surface area (Å²) >= 11 is 0. The lowest BCUT2D eigenvalue weighted by molar-refractivity contribution is 0.150. The van der Waals surface area contributed by atoms with Gasteiger partial charge in [-0.05, 0) is 17.2 Å². The molecule has 1 aromatic rings. The van der Waals surface area contributed by atoms with Gasteiger partial charge >= 0.3 is 0 Å². The molecule has 0 bridgehead atoms. The molecule has 0 radical (unpaired) electrons. The maximum atomic E-state index is 12.7. The number of fused-ring (bicyclic) bond motifs is 1. The molecule has 0 spiro atoms. The molecule has 1 aliphatic rings. The molecule has 0 heterocycles. The van der Waals surface area contributed by atoms with Gasteiger partial charge in [-0.15, -0.1) is 0 Å². The summed E-state index contributed by atoms with van der Waals surface area (Å²) in [5.74, 6) is -0.192. The minimum atomic E-state index is -0.425. The summed E-state index contributed by atoms with van der Waals surface area (Å²) in [7, 11) is 0. The Balaban J connectivity index is 2.56. The zero-order valence-corrected chi connectivity index (χ0v) is 5.34. The lowest BCUT2D eigenvalue weighted by Gasteiger charge is -2.25. The largest absolute Gasteiger partial charge is 0.388 e. The minimum Gasteiger partial charge on any atom is -0.388 e. The lowest BCUT2D eigenvalue weighted by atomic mass is 9.85. The second kappa shape index (κ2) is 1.80. The van der Waals surface area contributed by atoms with Crippen molar-refractivity contribution in [1.29, 1.82) is 0 Å². The van der Waals surface area contributed by atoms with Crippen molar-refractivity contribution < 1.29 is 9.50 Å². The van der Waals surface area contributed by atoms with Crippen LogP contribution in [-0.2, 0) is 6.42 Å². The number of rotatable bonds is 0. The van der Waals surface area contributed by atoms with Crippen LogP contribution < -0.4 is 0 Å². The van der Waals surface area contributed by atoms with E-state index in [2.05, 4.69) is 0 Å². The van der Waals surface area contributed by atoms with E-state index in [1.807, 2.05) is 0 Å². The first-order valence-corrected chi connectivity index (χ1v) is 3.24. The second-order valence-corrected chi connectivity index (χ2v) is 2.53. The summed E-state index contributed by atoms with van der Waals surface area (Å²) in [6.07, 6.45) is 0.0489. The zero-order chi connectivity index (χ0) is 7.14. The third-order valence-corrected chi connectivity index (χ3v) is 1.91. The van der Waals surface area contributed by atoms with Crippen LogP contribution >= 0.6 is 0 Å². The number of halogens is 1. The van der Waals surface area contributed by atoms with Gasteiger partial charge in [0.15, 0.2) is 0 Å². The Kier molecular flexibility index (Phi) is 1.05. The fourth-order valence-corrected chi connectivity index (χ4v) is 1.28. The first-order chi connectivity index (χ1) is 4.79. The molecule has 0 saturated heterocycles. The van der Waals surface area contributed by atoms with Crippen LogP contribution in [0.25, 0.3) is 0 Å². The van der Waals surface area contributed by atoms with E-state index in [4.69, 9.17) is 5.11 Å². The molecule has 1 unspecified atom stereocenters. The van der Waals surface area contributed by atoms with Gasteiger partial charge in [-0.1, -0.05) is 12.1 Å². The molecule has 0 saturated carbocycles. The van der Waals surface area contributed by atoms with Crippen LogP contribution in [0.1, 0.15) is 17.2 Å². The van der Waals surface area contributed by atoms with Crippen molar-refractivity contribution in [2.24, 2.45) is 0 Å². The third-order valence-electron chi connectivity index (χ3n) is 1.91. The summed E-state index contributed by atoms with van der Waals surface area (Å²) in [5.41, 5.74) is 1.43. The van der Waals surface area contributed by atoms with E-state index in [0.29, 0.717) is 12.0 Å². The molecule has 0 fully saturated rings. The number of hydrogen-bond donors (Lipinski definition) is 1. The maximum Gasteiger partial charge on any atom is 0.126 e. The van der Waals surface area contributed by atoms with Gasteiger partial charge in [0.1, 0.15) is 5.82 Å². The van der Waals surface area contributed by atoms with E-state index in [0.717, 1.165) is 5.56 Å². The number of benzene rings is 1. The molecule has 0 aliphatic heterocycles. The molecular weight excluding hydrogens is 131 g/mol. The van der Waals surface area contributed by atoms with Gasteiger partial charge in [-0.2, -0.15) is 0 Å². The Labute approximate surface area is 58.1 Å². The van der Waals surface area contributed by atoms with Crippen LogP contribution in [0.2, 0.25) is 0 Å². The Morgan fingerprint density at radius 3 is 2.90 bits per heavy atom. The summed E-state index contributed by atoms with van der Waals surface area (Å²) in [4.78, 5) is 0. The van der Waals surface area contributed by atoms with Crippen molar-refractivity contribution in [3.05, 3.63) is 35.1 Å². The fourth-order valence-electron chi connectivity index (χ4n) is 1.28. The van der Waals surface area contributed by atoms with E-state index in [9.17, 15) is 4.39 Å². The van der Waals surface area contributed by atoms with E-state index >= 15 is 0 Å². The van der Waals surface area contributed by atoms with Crippen LogP contribution in [0.3, 0.4) is 0 Å². The summed E-state index contributed by atoms with van der Waals surface area (Å²) in [6, 6.07) is 4.80. The van der Waals surface area contributed by atoms with Gasteiger partial charge in [0.25, 0.3) is 0 Å². The Bertz CT molecular complexity index is 270. The quantitative estimate of drug-likeness (QED) is 0.574. The van der Waals surface area contributed by atoms with Gasteiger partial charge in [-0.25, -0.2) is 4.39 Å². The predicted octanol–water partition coefficient (Wildman–Crippen LogP) is 1.42. The normalized spacial score (nSPS) is 21.6. The molecule has 2 heteroatoms. The molecule has 1 atom stereocenters. The molecule has 0 aromatic heterocycles. The van der Waals surface area contributed by atoms with Crippen molar-refractivity contribution >= 4 is 0 Å². The van der Waals surface area contributed by atoms with E-state index in [1.165, 1.54) is 6.07 Å². The number of aliphatic hydroxyl groups is 1. The smallest absolute Gasteiger partial charge is 0.126 e. The molecule has 1 aromatic carbocycles. The van der Waals surface area contributed by atoms with Gasteiger partial charge in [0.05, 0.1) is 6.10 Å². The number of aliphatic hydroxyl groups excluding tert-OH is 1. The highest BCUT2D eigenvalue weighted by Crippen LogP contribution is 2.33. The molecule has 2 rings (SSSR count). The van der Waals surface area contributed by atoms with Crippen molar-refractivity contribution in [2.45, 2.75) is 12.5 Å².